The number of benzene rings is 1. The number of esters is 1. The maximum Gasteiger partial charge on any atom is 0.309 e. The molecular weight excluding hydrogens is 306 g/mol. The molecule has 0 aromatic heterocycles. The van der Waals surface area contributed by atoms with Gasteiger partial charge in [-0.2, -0.15) is 0 Å². The van der Waals surface area contributed by atoms with Crippen molar-refractivity contribution >= 4 is 23.5 Å². The van der Waals surface area contributed by atoms with E-state index in [0.29, 0.717) is 0 Å². The predicted octanol–water partition coefficient (Wildman–Crippen LogP) is 0.555. The number of rotatable bonds is 5. The molecule has 122 valence electrons. The average molecular weight is 321 g/mol. The second-order valence-corrected chi connectivity index (χ2v) is 5.23. The first-order valence-electron chi connectivity index (χ1n) is 6.88. The van der Waals surface area contributed by atoms with Gasteiger partial charge in [0, 0.05) is 17.7 Å². The van der Waals surface area contributed by atoms with Crippen LogP contribution in [0.15, 0.2) is 24.3 Å². The molecule has 0 aliphatic heterocycles. The molecule has 1 saturated carbocycles. The van der Waals surface area contributed by atoms with E-state index >= 15 is 0 Å². The zero-order valence-corrected chi connectivity index (χ0v) is 12.3. The number of ether oxygens (including phenoxy) is 1. The minimum atomic E-state index is -0.679. The molecule has 0 saturated heterocycles. The van der Waals surface area contributed by atoms with E-state index in [2.05, 4.69) is 10.9 Å². The molecule has 0 unspecified atom stereocenters. The predicted molar refractivity (Wildman–Crippen MR) is 76.9 cm³/mol. The van der Waals surface area contributed by atoms with E-state index in [0.717, 1.165) is 6.42 Å². The average Bonchev–Trinajstić information content (AvgIpc) is 3.27. The molecule has 1 aliphatic rings. The standard InChI is InChI=1S/C14H15N3O6/c1-8-6-11(8)14(20)23-7-12(18)15-16-13(19)9-2-4-10(5-3-9)17(21)22/h2-5,8,11H,6-7H2,1H3,(H,15,18)(H,16,19)/t8-,11-/m0/s1. The number of hydrogen-bond acceptors (Lipinski definition) is 6. The molecule has 2 N–H and O–H groups in total. The molecule has 1 fully saturated rings. The Labute approximate surface area is 131 Å². The summed E-state index contributed by atoms with van der Waals surface area (Å²) in [5, 5.41) is 10.5. The van der Waals surface area contributed by atoms with Crippen molar-refractivity contribution in [1.82, 2.24) is 10.9 Å². The van der Waals surface area contributed by atoms with Crippen molar-refractivity contribution in [1.29, 1.82) is 0 Å². The van der Waals surface area contributed by atoms with Gasteiger partial charge in [-0.1, -0.05) is 6.92 Å². The van der Waals surface area contributed by atoms with Gasteiger partial charge in [0.15, 0.2) is 6.61 Å². The Balaban J connectivity index is 1.73. The zero-order chi connectivity index (χ0) is 17.0. The van der Waals surface area contributed by atoms with Crippen LogP contribution in [0.2, 0.25) is 0 Å². The van der Waals surface area contributed by atoms with E-state index in [9.17, 15) is 24.5 Å². The van der Waals surface area contributed by atoms with Crippen LogP contribution >= 0.6 is 0 Å². The van der Waals surface area contributed by atoms with Crippen molar-refractivity contribution in [2.24, 2.45) is 11.8 Å². The summed E-state index contributed by atoms with van der Waals surface area (Å²) in [6.07, 6.45) is 0.761. The SMILES string of the molecule is C[C@H]1C[C@@H]1C(=O)OCC(=O)NNC(=O)c1ccc([N+](=O)[O-])cc1. The number of non-ortho nitro benzene ring substituents is 1. The summed E-state index contributed by atoms with van der Waals surface area (Å²) < 4.78 is 4.80. The van der Waals surface area contributed by atoms with Crippen molar-refractivity contribution in [3.05, 3.63) is 39.9 Å². The summed E-state index contributed by atoms with van der Waals surface area (Å²) in [6.45, 7) is 1.43. The monoisotopic (exact) mass is 321 g/mol. The van der Waals surface area contributed by atoms with Crippen molar-refractivity contribution < 1.29 is 24.0 Å². The van der Waals surface area contributed by atoms with Crippen LogP contribution in [-0.4, -0.2) is 29.3 Å². The van der Waals surface area contributed by atoms with Crippen LogP contribution in [-0.2, 0) is 14.3 Å². The lowest BCUT2D eigenvalue weighted by atomic mass is 10.2. The molecule has 1 aliphatic carbocycles. The van der Waals surface area contributed by atoms with Gasteiger partial charge >= 0.3 is 5.97 Å². The molecule has 1 aromatic carbocycles. The van der Waals surface area contributed by atoms with E-state index in [1.807, 2.05) is 6.92 Å². The second kappa shape index (κ2) is 6.86. The Bertz CT molecular complexity index is 642. The Morgan fingerprint density at radius 3 is 2.39 bits per heavy atom. The number of carbonyl (C=O) groups excluding carboxylic acids is 3. The fraction of sp³-hybridized carbons (Fsp3) is 0.357. The number of hydrazine groups is 1. The van der Waals surface area contributed by atoms with Gasteiger partial charge in [0.1, 0.15) is 0 Å². The highest BCUT2D eigenvalue weighted by molar-refractivity contribution is 5.95. The molecule has 9 nitrogen and oxygen atoms in total. The molecule has 2 amide bonds. The maximum absolute atomic E-state index is 11.7. The number of hydrogen-bond donors (Lipinski definition) is 2. The van der Waals surface area contributed by atoms with Crippen LogP contribution in [0.3, 0.4) is 0 Å². The van der Waals surface area contributed by atoms with Crippen LogP contribution in [0.1, 0.15) is 23.7 Å². The Hall–Kier alpha value is -2.97. The van der Waals surface area contributed by atoms with E-state index in [-0.39, 0.29) is 23.1 Å². The molecule has 2 atom stereocenters. The lowest BCUT2D eigenvalue weighted by molar-refractivity contribution is -0.384. The third-order valence-corrected chi connectivity index (χ3v) is 3.41. The van der Waals surface area contributed by atoms with E-state index in [1.165, 1.54) is 24.3 Å². The quantitative estimate of drug-likeness (QED) is 0.463. The molecular formula is C14H15N3O6. The fourth-order valence-electron chi connectivity index (χ4n) is 1.86. The maximum atomic E-state index is 11.7. The van der Waals surface area contributed by atoms with Gasteiger partial charge in [-0.15, -0.1) is 0 Å². The molecule has 0 bridgehead atoms. The summed E-state index contributed by atoms with van der Waals surface area (Å²) in [5.41, 5.74) is 4.21. The van der Waals surface area contributed by atoms with Crippen LogP contribution in [0.25, 0.3) is 0 Å². The highest BCUT2D eigenvalue weighted by Gasteiger charge is 2.40. The van der Waals surface area contributed by atoms with Crippen LogP contribution in [0.5, 0.6) is 0 Å². The van der Waals surface area contributed by atoms with Gasteiger partial charge in [-0.3, -0.25) is 35.3 Å². The van der Waals surface area contributed by atoms with Crippen LogP contribution < -0.4 is 10.9 Å². The summed E-state index contributed by atoms with van der Waals surface area (Å²) in [7, 11) is 0. The minimum absolute atomic E-state index is 0.139. The number of carbonyl (C=O) groups is 3. The number of nitrogens with one attached hydrogen (secondary N) is 2. The lowest BCUT2D eigenvalue weighted by Gasteiger charge is -2.08. The molecule has 0 radical (unpaired) electrons. The number of nitro benzene ring substituents is 1. The normalized spacial score (nSPS) is 18.7. The minimum Gasteiger partial charge on any atom is -0.455 e. The van der Waals surface area contributed by atoms with Gasteiger partial charge in [0.05, 0.1) is 10.8 Å². The van der Waals surface area contributed by atoms with Crippen LogP contribution in [0, 0.1) is 22.0 Å². The molecule has 23 heavy (non-hydrogen) atoms. The Morgan fingerprint density at radius 2 is 1.87 bits per heavy atom. The van der Waals surface area contributed by atoms with Crippen molar-refractivity contribution in [3.8, 4) is 0 Å². The third kappa shape index (κ3) is 4.50. The van der Waals surface area contributed by atoms with Gasteiger partial charge < -0.3 is 4.74 Å². The van der Waals surface area contributed by atoms with E-state index < -0.39 is 29.3 Å². The highest BCUT2D eigenvalue weighted by Crippen LogP contribution is 2.38. The fourth-order valence-corrected chi connectivity index (χ4v) is 1.86. The van der Waals surface area contributed by atoms with Gasteiger partial charge in [-0.25, -0.2) is 0 Å². The Morgan fingerprint density at radius 1 is 1.26 bits per heavy atom. The molecule has 9 heteroatoms. The van der Waals surface area contributed by atoms with Gasteiger partial charge in [0.2, 0.25) is 0 Å². The second-order valence-electron chi connectivity index (χ2n) is 5.23. The molecule has 2 rings (SSSR count). The number of nitro groups is 1. The van der Waals surface area contributed by atoms with Gasteiger partial charge in [-0.05, 0) is 24.5 Å². The summed E-state index contributed by atoms with van der Waals surface area (Å²) in [4.78, 5) is 44.5. The summed E-state index contributed by atoms with van der Waals surface area (Å²) in [6, 6.07) is 4.87. The van der Waals surface area contributed by atoms with Crippen molar-refractivity contribution in [2.75, 3.05) is 6.61 Å². The lowest BCUT2D eigenvalue weighted by Crippen LogP contribution is -2.43. The Kier molecular flexibility index (Phi) is 4.89. The first-order valence-corrected chi connectivity index (χ1v) is 6.88. The molecule has 0 spiro atoms. The topological polar surface area (TPSA) is 128 Å². The summed E-state index contributed by atoms with van der Waals surface area (Å²) in [5.74, 6) is -1.60. The molecule has 1 aromatic rings. The third-order valence-electron chi connectivity index (χ3n) is 3.41. The van der Waals surface area contributed by atoms with Gasteiger partial charge in [0.25, 0.3) is 17.5 Å². The van der Waals surface area contributed by atoms with Crippen molar-refractivity contribution in [3.63, 3.8) is 0 Å². The number of amides is 2. The van der Waals surface area contributed by atoms with Crippen molar-refractivity contribution in [2.45, 2.75) is 13.3 Å². The first-order chi connectivity index (χ1) is 10.9. The molecule has 0 heterocycles. The summed E-state index contributed by atoms with van der Waals surface area (Å²) >= 11 is 0. The zero-order valence-electron chi connectivity index (χ0n) is 12.3. The number of nitrogens with zero attached hydrogens (tertiary/aromatic N) is 1. The van der Waals surface area contributed by atoms with E-state index in [4.69, 9.17) is 4.74 Å². The largest absolute Gasteiger partial charge is 0.455 e. The first kappa shape index (κ1) is 16.4. The smallest absolute Gasteiger partial charge is 0.309 e. The highest BCUT2D eigenvalue weighted by atomic mass is 16.6. The van der Waals surface area contributed by atoms with Crippen LogP contribution in [0.4, 0.5) is 5.69 Å². The van der Waals surface area contributed by atoms with E-state index in [1.54, 1.807) is 0 Å².